The number of halogens is 3. The van der Waals surface area contributed by atoms with E-state index in [2.05, 4.69) is 10.2 Å². The third-order valence-electron chi connectivity index (χ3n) is 4.33. The maximum atomic E-state index is 13.5. The van der Waals surface area contributed by atoms with Crippen molar-refractivity contribution in [2.75, 3.05) is 23.4 Å². The summed E-state index contributed by atoms with van der Waals surface area (Å²) in [5, 5.41) is 3.40. The number of ether oxygens (including phenoxy) is 1. The molecule has 0 aliphatic rings. The molecule has 0 amide bonds. The van der Waals surface area contributed by atoms with Crippen LogP contribution in [-0.4, -0.2) is 37.4 Å². The summed E-state index contributed by atoms with van der Waals surface area (Å²) in [5.41, 5.74) is 7.22. The molecular formula is C18H19ClF2N4O3S. The van der Waals surface area contributed by atoms with Gasteiger partial charge in [0.15, 0.2) is 5.82 Å². The van der Waals surface area contributed by atoms with Crippen LogP contribution in [0.15, 0.2) is 36.4 Å². The number of nitrogens with one attached hydrogen (secondary N) is 1. The lowest BCUT2D eigenvalue weighted by molar-refractivity contribution is 0.0973. The van der Waals surface area contributed by atoms with Crippen molar-refractivity contribution < 1.29 is 21.9 Å². The van der Waals surface area contributed by atoms with Gasteiger partial charge in [0.1, 0.15) is 5.75 Å². The third-order valence-corrected chi connectivity index (χ3v) is 5.57. The number of hydrogen-bond acceptors (Lipinski definition) is 5. The Morgan fingerprint density at radius 3 is 2.45 bits per heavy atom. The normalized spacial score (nSPS) is 12.3. The quantitative estimate of drug-likeness (QED) is 0.429. The van der Waals surface area contributed by atoms with E-state index in [0.29, 0.717) is 11.3 Å². The maximum Gasteiger partial charge on any atom is 0.325 e. The topological polar surface area (TPSA) is 101 Å². The number of rotatable bonds is 7. The number of H-pyrrole nitrogens is 1. The molecule has 2 aromatic carbocycles. The van der Waals surface area contributed by atoms with Gasteiger partial charge in [-0.15, -0.1) is 0 Å². The second-order valence-electron chi connectivity index (χ2n) is 6.52. The summed E-state index contributed by atoms with van der Waals surface area (Å²) in [7, 11) is -2.29. The Kier molecular flexibility index (Phi) is 5.59. The lowest BCUT2D eigenvalue weighted by Crippen LogP contribution is -2.30. The number of hydrogen-bond donors (Lipinski definition) is 2. The number of anilines is 2. The second kappa shape index (κ2) is 7.68. The summed E-state index contributed by atoms with van der Waals surface area (Å²) in [5.74, 6) is 0.589. The van der Waals surface area contributed by atoms with Gasteiger partial charge >= 0.3 is 5.38 Å². The predicted molar refractivity (Wildman–Crippen MR) is 109 cm³/mol. The molecule has 0 unspecified atom stereocenters. The van der Waals surface area contributed by atoms with Crippen molar-refractivity contribution in [2.24, 2.45) is 0 Å². The Morgan fingerprint density at radius 1 is 1.24 bits per heavy atom. The zero-order valence-electron chi connectivity index (χ0n) is 15.6. The first-order valence-electron chi connectivity index (χ1n) is 8.42. The fraction of sp³-hybridized carbons (Fsp3) is 0.278. The number of sulfonamides is 1. The van der Waals surface area contributed by atoms with Crippen LogP contribution in [0, 0.1) is 0 Å². The second-order valence-corrected chi connectivity index (χ2v) is 8.98. The van der Waals surface area contributed by atoms with E-state index >= 15 is 0 Å². The Bertz CT molecular complexity index is 1130. The van der Waals surface area contributed by atoms with Gasteiger partial charge in [-0.2, -0.15) is 13.9 Å². The molecule has 7 nitrogen and oxygen atoms in total. The van der Waals surface area contributed by atoms with Gasteiger partial charge in [0.2, 0.25) is 10.0 Å². The average Bonchev–Trinajstić information content (AvgIpc) is 3.06. The van der Waals surface area contributed by atoms with Gasteiger partial charge in [-0.3, -0.25) is 5.10 Å². The molecule has 0 spiro atoms. The Hall–Kier alpha value is -2.59. The smallest absolute Gasteiger partial charge is 0.325 e. The molecule has 0 radical (unpaired) electrons. The maximum absolute atomic E-state index is 13.5. The van der Waals surface area contributed by atoms with Gasteiger partial charge in [-0.05, 0) is 40.9 Å². The van der Waals surface area contributed by atoms with Gasteiger partial charge in [-0.25, -0.2) is 12.7 Å². The van der Waals surface area contributed by atoms with Crippen LogP contribution in [0.25, 0.3) is 10.9 Å². The molecule has 29 heavy (non-hydrogen) atoms. The van der Waals surface area contributed by atoms with Crippen LogP contribution in [-0.2, 0) is 23.0 Å². The molecule has 11 heteroatoms. The first-order chi connectivity index (χ1) is 13.5. The van der Waals surface area contributed by atoms with Gasteiger partial charge < -0.3 is 10.5 Å². The molecule has 0 saturated heterocycles. The minimum atomic E-state index is -3.81. The molecule has 0 atom stereocenters. The van der Waals surface area contributed by atoms with E-state index in [4.69, 9.17) is 22.1 Å². The number of nitrogens with two attached hydrogens (primary N) is 1. The number of fused-ring (bicyclic) bond motifs is 1. The fourth-order valence-corrected chi connectivity index (χ4v) is 3.97. The summed E-state index contributed by atoms with van der Waals surface area (Å²) in [4.78, 5) is 0. The lowest BCUT2D eigenvalue weighted by Gasteiger charge is -2.21. The van der Waals surface area contributed by atoms with E-state index in [0.717, 1.165) is 10.6 Å². The fourth-order valence-electron chi connectivity index (χ4n) is 2.99. The molecule has 0 bridgehead atoms. The zero-order chi connectivity index (χ0) is 21.4. The molecule has 1 heterocycles. The molecule has 0 aliphatic carbocycles. The van der Waals surface area contributed by atoms with E-state index in [-0.39, 0.29) is 34.5 Å². The first-order valence-corrected chi connectivity index (χ1v) is 10.6. The van der Waals surface area contributed by atoms with Crippen molar-refractivity contribution in [3.8, 4) is 5.75 Å². The highest BCUT2D eigenvalue weighted by Gasteiger charge is 2.30. The highest BCUT2D eigenvalue weighted by molar-refractivity contribution is 7.92. The largest absolute Gasteiger partial charge is 0.497 e. The van der Waals surface area contributed by atoms with Gasteiger partial charge in [-0.1, -0.05) is 18.2 Å². The molecule has 3 rings (SSSR count). The van der Waals surface area contributed by atoms with Crippen molar-refractivity contribution in [1.29, 1.82) is 0 Å². The summed E-state index contributed by atoms with van der Waals surface area (Å²) in [6.45, 7) is -0.0612. The van der Waals surface area contributed by atoms with E-state index in [9.17, 15) is 17.2 Å². The monoisotopic (exact) mass is 444 g/mol. The minimum Gasteiger partial charge on any atom is -0.497 e. The molecule has 3 N–H and O–H groups in total. The molecule has 0 saturated carbocycles. The van der Waals surface area contributed by atoms with Crippen LogP contribution in [0.3, 0.4) is 0 Å². The van der Waals surface area contributed by atoms with Crippen LogP contribution < -0.4 is 14.8 Å². The van der Waals surface area contributed by atoms with Crippen LogP contribution >= 0.6 is 11.6 Å². The van der Waals surface area contributed by atoms with Crippen molar-refractivity contribution in [2.45, 2.75) is 18.3 Å². The van der Waals surface area contributed by atoms with Crippen LogP contribution in [0.5, 0.6) is 5.75 Å². The predicted octanol–water partition coefficient (Wildman–Crippen LogP) is 3.49. The molecule has 0 fully saturated rings. The van der Waals surface area contributed by atoms with Gasteiger partial charge in [0, 0.05) is 0 Å². The summed E-state index contributed by atoms with van der Waals surface area (Å²) in [6, 6.07) is 9.62. The summed E-state index contributed by atoms with van der Waals surface area (Å²) >= 11 is 5.12. The number of alkyl halides is 3. The average molecular weight is 445 g/mol. The zero-order valence-corrected chi connectivity index (χ0v) is 17.2. The Balaban J connectivity index is 2.14. The van der Waals surface area contributed by atoms with Gasteiger partial charge in [0.05, 0.1) is 42.9 Å². The Labute approximate surface area is 171 Å². The van der Waals surface area contributed by atoms with E-state index in [1.165, 1.54) is 19.2 Å². The SMILES string of the molecule is COc1ccc(CN(c2n[nH]c3c(N)ccc(CC(F)(F)Cl)c23)S(C)(=O)=O)cc1. The van der Waals surface area contributed by atoms with Crippen molar-refractivity contribution in [3.63, 3.8) is 0 Å². The molecule has 3 aromatic rings. The summed E-state index contributed by atoms with van der Waals surface area (Å²) < 4.78 is 58.2. The molecule has 156 valence electrons. The van der Waals surface area contributed by atoms with E-state index in [1.54, 1.807) is 24.3 Å². The number of nitrogens with zero attached hydrogens (tertiary/aromatic N) is 2. The minimum absolute atomic E-state index is 0.0264. The van der Waals surface area contributed by atoms with E-state index in [1.807, 2.05) is 0 Å². The van der Waals surface area contributed by atoms with Gasteiger partial charge in [0.25, 0.3) is 0 Å². The standard InChI is InChI=1S/C18H19ClF2N4O3S/c1-28-13-6-3-11(4-7-13)10-25(29(2,26)27)17-15-12(9-18(19,20)21)5-8-14(22)16(15)23-24-17/h3-8H,9-10,22H2,1-2H3,(H,23,24). The molecular weight excluding hydrogens is 426 g/mol. The van der Waals surface area contributed by atoms with Crippen molar-refractivity contribution in [3.05, 3.63) is 47.5 Å². The van der Waals surface area contributed by atoms with Crippen LogP contribution in [0.1, 0.15) is 11.1 Å². The number of aromatic amines is 1. The number of aromatic nitrogens is 2. The van der Waals surface area contributed by atoms with Crippen molar-refractivity contribution in [1.82, 2.24) is 10.2 Å². The number of benzene rings is 2. The van der Waals surface area contributed by atoms with Crippen LogP contribution in [0.2, 0.25) is 0 Å². The first kappa shape index (κ1) is 21.1. The lowest BCUT2D eigenvalue weighted by atomic mass is 10.1. The van der Waals surface area contributed by atoms with Crippen LogP contribution in [0.4, 0.5) is 20.3 Å². The molecule has 1 aromatic heterocycles. The molecule has 0 aliphatic heterocycles. The summed E-state index contributed by atoms with van der Waals surface area (Å²) in [6.07, 6.45) is 0.206. The Morgan fingerprint density at radius 2 is 1.90 bits per heavy atom. The van der Waals surface area contributed by atoms with E-state index < -0.39 is 21.8 Å². The highest BCUT2D eigenvalue weighted by Crippen LogP contribution is 2.36. The van der Waals surface area contributed by atoms with Crippen molar-refractivity contribution >= 4 is 44.0 Å². The highest BCUT2D eigenvalue weighted by atomic mass is 35.5. The number of methoxy groups -OCH3 is 1. The number of nitrogen functional groups attached to an aromatic ring is 1. The third kappa shape index (κ3) is 4.70.